The Kier molecular flexibility index (Phi) is 3.95. The molecule has 1 heterocycles. The fourth-order valence-electron chi connectivity index (χ4n) is 1.82. The average Bonchev–Trinajstić information content (AvgIpc) is 2.66. The molecule has 0 unspecified atom stereocenters. The summed E-state index contributed by atoms with van der Waals surface area (Å²) < 4.78 is 26.9. The third-order valence-electron chi connectivity index (χ3n) is 2.77. The number of rotatable bonds is 4. The largest absolute Gasteiger partial charge is 0.395 e. The molecule has 1 aliphatic rings. The van der Waals surface area contributed by atoms with E-state index in [0.717, 1.165) is 23.1 Å². The number of hydrogen-bond donors (Lipinski definition) is 2. The Balaban J connectivity index is 2.24. The first-order chi connectivity index (χ1) is 9.97. The lowest BCUT2D eigenvalue weighted by Crippen LogP contribution is -2.34. The normalized spacial score (nSPS) is 14.2. The molecule has 0 fully saturated rings. The number of benzene rings is 1. The number of carbonyl (C=O) groups excluding carboxylic acids is 2. The van der Waals surface area contributed by atoms with Crippen molar-refractivity contribution in [2.75, 3.05) is 18.5 Å². The summed E-state index contributed by atoms with van der Waals surface area (Å²) in [6, 6.07) is 3.06. The number of imide groups is 1. The monoisotopic (exact) mass is 293 g/mol. The number of carbonyl (C=O) groups is 2. The van der Waals surface area contributed by atoms with Crippen molar-refractivity contribution in [1.29, 1.82) is 5.26 Å². The molecule has 8 heteroatoms. The van der Waals surface area contributed by atoms with E-state index in [9.17, 15) is 18.4 Å². The van der Waals surface area contributed by atoms with Gasteiger partial charge in [0.2, 0.25) is 0 Å². The van der Waals surface area contributed by atoms with Gasteiger partial charge in [-0.25, -0.2) is 8.78 Å². The maximum atomic E-state index is 13.4. The molecule has 1 aliphatic heterocycles. The molecule has 6 nitrogen and oxygen atoms in total. The quantitative estimate of drug-likeness (QED) is 0.788. The van der Waals surface area contributed by atoms with Crippen LogP contribution in [0.1, 0.15) is 5.56 Å². The van der Waals surface area contributed by atoms with Crippen molar-refractivity contribution < 1.29 is 23.5 Å². The smallest absolute Gasteiger partial charge is 0.277 e. The number of aliphatic hydroxyl groups excluding tert-OH is 1. The highest BCUT2D eigenvalue weighted by atomic mass is 19.1. The van der Waals surface area contributed by atoms with Crippen LogP contribution in [0.15, 0.2) is 23.9 Å². The molecule has 2 amide bonds. The molecule has 0 bridgehead atoms. The van der Waals surface area contributed by atoms with E-state index < -0.39 is 35.6 Å². The first-order valence-corrected chi connectivity index (χ1v) is 5.82. The van der Waals surface area contributed by atoms with Crippen molar-refractivity contribution in [1.82, 2.24) is 4.90 Å². The van der Waals surface area contributed by atoms with Gasteiger partial charge in [-0.3, -0.25) is 14.5 Å². The second-order valence-corrected chi connectivity index (χ2v) is 4.13. The van der Waals surface area contributed by atoms with Crippen LogP contribution in [0.2, 0.25) is 0 Å². The minimum atomic E-state index is -1.08. The number of anilines is 1. The van der Waals surface area contributed by atoms with Gasteiger partial charge in [-0.05, 0) is 12.1 Å². The number of halogens is 2. The minimum absolute atomic E-state index is 0.109. The molecule has 0 saturated heterocycles. The number of aliphatic hydroxyl groups is 1. The lowest BCUT2D eigenvalue weighted by atomic mass is 10.2. The molecular weight excluding hydrogens is 284 g/mol. The molecule has 0 aromatic heterocycles. The molecule has 2 N–H and O–H groups in total. The summed E-state index contributed by atoms with van der Waals surface area (Å²) >= 11 is 0. The zero-order chi connectivity index (χ0) is 15.6. The van der Waals surface area contributed by atoms with E-state index in [1.807, 2.05) is 0 Å². The Morgan fingerprint density at radius 2 is 1.90 bits per heavy atom. The summed E-state index contributed by atoms with van der Waals surface area (Å²) in [6.45, 7) is -0.561. The predicted octanol–water partition coefficient (Wildman–Crippen LogP) is 0.493. The summed E-state index contributed by atoms with van der Waals surface area (Å²) in [7, 11) is 0. The van der Waals surface area contributed by atoms with Crippen LogP contribution in [0.5, 0.6) is 0 Å². The van der Waals surface area contributed by atoms with Crippen LogP contribution in [0, 0.1) is 23.0 Å². The number of hydrogen-bond acceptors (Lipinski definition) is 5. The summed E-state index contributed by atoms with van der Waals surface area (Å²) in [5, 5.41) is 19.7. The summed E-state index contributed by atoms with van der Waals surface area (Å²) in [6.07, 6.45) is 0.964. The first kappa shape index (κ1) is 14.6. The topological polar surface area (TPSA) is 93.4 Å². The zero-order valence-electron chi connectivity index (χ0n) is 10.6. The Labute approximate surface area is 117 Å². The first-order valence-electron chi connectivity index (χ1n) is 5.82. The van der Waals surface area contributed by atoms with Gasteiger partial charge in [0.05, 0.1) is 13.2 Å². The van der Waals surface area contributed by atoms with Gasteiger partial charge in [0, 0.05) is 11.8 Å². The maximum Gasteiger partial charge on any atom is 0.277 e. The van der Waals surface area contributed by atoms with E-state index >= 15 is 0 Å². The number of nitriles is 1. The predicted molar refractivity (Wildman–Crippen MR) is 66.6 cm³/mol. The van der Waals surface area contributed by atoms with Crippen LogP contribution in [-0.4, -0.2) is 35.0 Å². The highest BCUT2D eigenvalue weighted by Gasteiger charge is 2.30. The summed E-state index contributed by atoms with van der Waals surface area (Å²) in [5.41, 5.74) is -1.01. The highest BCUT2D eigenvalue weighted by molar-refractivity contribution is 6.17. The van der Waals surface area contributed by atoms with Crippen molar-refractivity contribution in [2.24, 2.45) is 0 Å². The number of amides is 2. The molecule has 0 saturated carbocycles. The standard InChI is InChI=1S/C13H9F2N3O3/c14-9-3-7(4-10(15)8(9)6-16)17-11-5-12(20)18(1-2-19)13(11)21/h3-5,17,19H,1-2H2. The van der Waals surface area contributed by atoms with E-state index in [4.69, 9.17) is 10.4 Å². The lowest BCUT2D eigenvalue weighted by molar-refractivity contribution is -0.137. The molecule has 0 aliphatic carbocycles. The summed E-state index contributed by atoms with van der Waals surface area (Å²) in [4.78, 5) is 24.1. The fraction of sp³-hybridized carbons (Fsp3) is 0.154. The molecular formula is C13H9F2N3O3. The highest BCUT2D eigenvalue weighted by Crippen LogP contribution is 2.21. The molecule has 1 aromatic rings. The molecule has 0 radical (unpaired) electrons. The third kappa shape index (κ3) is 2.73. The van der Waals surface area contributed by atoms with Gasteiger partial charge in [-0.2, -0.15) is 5.26 Å². The van der Waals surface area contributed by atoms with Crippen molar-refractivity contribution in [3.63, 3.8) is 0 Å². The van der Waals surface area contributed by atoms with Gasteiger partial charge in [-0.15, -0.1) is 0 Å². The van der Waals surface area contributed by atoms with Gasteiger partial charge < -0.3 is 10.4 Å². The van der Waals surface area contributed by atoms with Gasteiger partial charge in [0.25, 0.3) is 11.8 Å². The second kappa shape index (κ2) is 5.68. The number of nitrogens with one attached hydrogen (secondary N) is 1. The summed E-state index contributed by atoms with van der Waals surface area (Å²) in [5.74, 6) is -3.50. The van der Waals surface area contributed by atoms with Crippen LogP contribution >= 0.6 is 0 Å². The van der Waals surface area contributed by atoms with Gasteiger partial charge in [0.15, 0.2) is 0 Å². The van der Waals surface area contributed by atoms with Crippen LogP contribution in [-0.2, 0) is 9.59 Å². The minimum Gasteiger partial charge on any atom is -0.395 e. The third-order valence-corrected chi connectivity index (χ3v) is 2.77. The Bertz CT molecular complexity index is 671. The van der Waals surface area contributed by atoms with Crippen LogP contribution in [0.4, 0.5) is 14.5 Å². The lowest BCUT2D eigenvalue weighted by Gasteiger charge is -2.13. The Hall–Kier alpha value is -2.79. The maximum absolute atomic E-state index is 13.4. The van der Waals surface area contributed by atoms with Crippen molar-refractivity contribution >= 4 is 17.5 Å². The Morgan fingerprint density at radius 1 is 1.29 bits per heavy atom. The second-order valence-electron chi connectivity index (χ2n) is 4.13. The van der Waals surface area contributed by atoms with E-state index in [1.165, 1.54) is 6.07 Å². The van der Waals surface area contributed by atoms with E-state index in [-0.39, 0.29) is 17.9 Å². The van der Waals surface area contributed by atoms with Crippen LogP contribution < -0.4 is 5.32 Å². The average molecular weight is 293 g/mol. The van der Waals surface area contributed by atoms with Crippen molar-refractivity contribution in [3.05, 3.63) is 41.1 Å². The van der Waals surface area contributed by atoms with Crippen LogP contribution in [0.3, 0.4) is 0 Å². The molecule has 108 valence electrons. The Morgan fingerprint density at radius 3 is 2.43 bits per heavy atom. The van der Waals surface area contributed by atoms with Crippen LogP contribution in [0.25, 0.3) is 0 Å². The zero-order valence-corrected chi connectivity index (χ0v) is 10.6. The number of β-amino-alcohol motifs (C(OH)–C–C–N with tert-alkyl or cyclic N) is 1. The molecule has 21 heavy (non-hydrogen) atoms. The van der Waals surface area contributed by atoms with E-state index in [2.05, 4.69) is 5.32 Å². The van der Waals surface area contributed by atoms with E-state index in [0.29, 0.717) is 0 Å². The van der Waals surface area contributed by atoms with Gasteiger partial charge in [0.1, 0.15) is 29.0 Å². The van der Waals surface area contributed by atoms with Crippen molar-refractivity contribution in [3.8, 4) is 6.07 Å². The molecule has 0 spiro atoms. The number of nitrogens with zero attached hydrogens (tertiary/aromatic N) is 2. The molecule has 0 atom stereocenters. The molecule has 2 rings (SSSR count). The van der Waals surface area contributed by atoms with E-state index in [1.54, 1.807) is 0 Å². The SMILES string of the molecule is N#Cc1c(F)cc(NC2=CC(=O)N(CCO)C2=O)cc1F. The van der Waals surface area contributed by atoms with Gasteiger partial charge >= 0.3 is 0 Å². The molecule has 1 aromatic carbocycles. The van der Waals surface area contributed by atoms with Gasteiger partial charge in [-0.1, -0.05) is 0 Å². The fourth-order valence-corrected chi connectivity index (χ4v) is 1.82. The van der Waals surface area contributed by atoms with Crippen molar-refractivity contribution in [2.45, 2.75) is 0 Å².